The number of rotatable bonds is 6. The number of benzene rings is 1. The summed E-state index contributed by atoms with van der Waals surface area (Å²) in [6.45, 7) is -0.248. The maximum atomic E-state index is 13.7. The molecule has 0 bridgehead atoms. The molecule has 130 valence electrons. The Labute approximate surface area is 135 Å². The van der Waals surface area contributed by atoms with Crippen LogP contribution < -0.4 is 5.32 Å². The number of nitrogens with zero attached hydrogens (tertiary/aromatic N) is 2. The molecular weight excluding hydrogens is 330 g/mol. The van der Waals surface area contributed by atoms with E-state index in [0.29, 0.717) is 5.56 Å². The van der Waals surface area contributed by atoms with Gasteiger partial charge in [0.25, 0.3) is 5.91 Å². The van der Waals surface area contributed by atoms with Crippen molar-refractivity contribution in [3.8, 4) is 0 Å². The van der Waals surface area contributed by atoms with Gasteiger partial charge >= 0.3 is 6.18 Å². The van der Waals surface area contributed by atoms with Gasteiger partial charge in [-0.15, -0.1) is 0 Å². The van der Waals surface area contributed by atoms with Crippen LogP contribution in [0.4, 0.5) is 23.4 Å². The number of carbonyl (C=O) groups excluding carboxylic acids is 1. The van der Waals surface area contributed by atoms with Gasteiger partial charge < -0.3 is 10.1 Å². The highest BCUT2D eigenvalue weighted by Crippen LogP contribution is 2.17. The summed E-state index contributed by atoms with van der Waals surface area (Å²) in [7, 11) is 0. The number of amides is 1. The van der Waals surface area contributed by atoms with Gasteiger partial charge in [0.2, 0.25) is 0 Å². The maximum Gasteiger partial charge on any atom is 0.411 e. The summed E-state index contributed by atoms with van der Waals surface area (Å²) < 4.78 is 55.7. The van der Waals surface area contributed by atoms with Crippen molar-refractivity contribution >= 4 is 11.7 Å². The second-order valence-corrected chi connectivity index (χ2v) is 5.02. The van der Waals surface area contributed by atoms with Crippen LogP contribution in [0.3, 0.4) is 0 Å². The number of hydrogen-bond donors (Lipinski definition) is 1. The molecule has 0 saturated heterocycles. The number of alkyl halides is 3. The zero-order valence-corrected chi connectivity index (χ0v) is 12.7. The Morgan fingerprint density at radius 2 is 2.04 bits per heavy atom. The van der Waals surface area contributed by atoms with E-state index in [1.807, 2.05) is 0 Å². The molecule has 0 fully saturated rings. The number of nitrogens with one attached hydrogen (secondary N) is 1. The van der Waals surface area contributed by atoms with E-state index in [-0.39, 0.29) is 12.4 Å². The van der Waals surface area contributed by atoms with Crippen LogP contribution in [-0.2, 0) is 16.1 Å². The molecule has 1 amide bonds. The summed E-state index contributed by atoms with van der Waals surface area (Å²) in [4.78, 5) is 11.9. The monoisotopic (exact) mass is 345 g/mol. The fourth-order valence-corrected chi connectivity index (χ4v) is 1.88. The third-order valence-electron chi connectivity index (χ3n) is 3.11. The van der Waals surface area contributed by atoms with Gasteiger partial charge in [-0.3, -0.25) is 4.79 Å². The van der Waals surface area contributed by atoms with Gasteiger partial charge in [0, 0.05) is 11.6 Å². The first-order chi connectivity index (χ1) is 11.3. The molecule has 0 unspecified atom stereocenters. The van der Waals surface area contributed by atoms with Gasteiger partial charge in [0.15, 0.2) is 0 Å². The maximum absolute atomic E-state index is 13.7. The van der Waals surface area contributed by atoms with E-state index in [9.17, 15) is 22.4 Å². The highest BCUT2D eigenvalue weighted by atomic mass is 19.4. The lowest BCUT2D eigenvalue weighted by atomic mass is 10.2. The first-order valence-corrected chi connectivity index (χ1v) is 7.00. The SMILES string of the molecule is C[C@@H](OCC(F)(F)F)C(=O)Nc1ccnn1Cc1ccccc1F. The van der Waals surface area contributed by atoms with Crippen molar-refractivity contribution in [1.82, 2.24) is 9.78 Å². The molecule has 0 saturated carbocycles. The van der Waals surface area contributed by atoms with Gasteiger partial charge in [-0.05, 0) is 13.0 Å². The average Bonchev–Trinajstić information content (AvgIpc) is 2.93. The molecular formula is C15H15F4N3O2. The molecule has 2 aromatic rings. The third kappa shape index (κ3) is 5.05. The number of hydrogen-bond acceptors (Lipinski definition) is 3. The fourth-order valence-electron chi connectivity index (χ4n) is 1.88. The Morgan fingerprint density at radius 1 is 1.33 bits per heavy atom. The number of anilines is 1. The molecule has 2 rings (SSSR count). The number of aromatic nitrogens is 2. The molecule has 1 aromatic heterocycles. The van der Waals surface area contributed by atoms with Crippen molar-refractivity contribution in [3.63, 3.8) is 0 Å². The van der Waals surface area contributed by atoms with Crippen molar-refractivity contribution in [2.24, 2.45) is 0 Å². The zero-order valence-electron chi connectivity index (χ0n) is 12.7. The zero-order chi connectivity index (χ0) is 17.7. The Hall–Kier alpha value is -2.42. The van der Waals surface area contributed by atoms with Crippen LogP contribution in [0, 0.1) is 5.82 Å². The van der Waals surface area contributed by atoms with Crippen LogP contribution in [0.2, 0.25) is 0 Å². The average molecular weight is 345 g/mol. The van der Waals surface area contributed by atoms with Crippen LogP contribution in [0.25, 0.3) is 0 Å². The number of carbonyl (C=O) groups is 1. The van der Waals surface area contributed by atoms with Gasteiger partial charge in [-0.1, -0.05) is 18.2 Å². The summed E-state index contributed by atoms with van der Waals surface area (Å²) in [5, 5.41) is 6.38. The predicted octanol–water partition coefficient (Wildman–Crippen LogP) is 2.98. The summed E-state index contributed by atoms with van der Waals surface area (Å²) in [5.74, 6) is -0.951. The van der Waals surface area contributed by atoms with Crippen LogP contribution in [-0.4, -0.2) is 34.6 Å². The Bertz CT molecular complexity index is 700. The quantitative estimate of drug-likeness (QED) is 0.819. The van der Waals surface area contributed by atoms with Crippen LogP contribution in [0.1, 0.15) is 12.5 Å². The lowest BCUT2D eigenvalue weighted by molar-refractivity contribution is -0.184. The van der Waals surface area contributed by atoms with Crippen molar-refractivity contribution in [2.75, 3.05) is 11.9 Å². The van der Waals surface area contributed by atoms with E-state index in [4.69, 9.17) is 0 Å². The van der Waals surface area contributed by atoms with Crippen LogP contribution in [0.15, 0.2) is 36.5 Å². The second kappa shape index (κ2) is 7.43. The van der Waals surface area contributed by atoms with Gasteiger partial charge in [0.1, 0.15) is 24.3 Å². The predicted molar refractivity (Wildman–Crippen MR) is 77.8 cm³/mol. The van der Waals surface area contributed by atoms with Gasteiger partial charge in [-0.25, -0.2) is 9.07 Å². The Kier molecular flexibility index (Phi) is 5.55. The van der Waals surface area contributed by atoms with E-state index in [1.165, 1.54) is 29.9 Å². The first-order valence-electron chi connectivity index (χ1n) is 7.00. The Balaban J connectivity index is 2.00. The van der Waals surface area contributed by atoms with Gasteiger partial charge in [-0.2, -0.15) is 18.3 Å². The molecule has 0 radical (unpaired) electrons. The molecule has 1 atom stereocenters. The van der Waals surface area contributed by atoms with E-state index in [0.717, 1.165) is 0 Å². The standard InChI is InChI=1S/C15H15F4N3O2/c1-10(24-9-15(17,18)19)14(23)21-13-6-7-20-22(13)8-11-4-2-3-5-12(11)16/h2-7,10H,8-9H2,1H3,(H,21,23)/t10-/m1/s1. The molecule has 1 heterocycles. The second-order valence-electron chi connectivity index (χ2n) is 5.02. The topological polar surface area (TPSA) is 56.1 Å². The summed E-state index contributed by atoms with van der Waals surface area (Å²) in [6.07, 6.45) is -4.43. The first kappa shape index (κ1) is 17.9. The molecule has 0 aliphatic carbocycles. The number of halogens is 4. The van der Waals surface area contributed by atoms with E-state index in [1.54, 1.807) is 18.2 Å². The minimum absolute atomic E-state index is 0.0626. The lowest BCUT2D eigenvalue weighted by Crippen LogP contribution is -2.32. The smallest absolute Gasteiger partial charge is 0.359 e. The number of ether oxygens (including phenoxy) is 1. The summed E-state index contributed by atoms with van der Waals surface area (Å²) >= 11 is 0. The van der Waals surface area contributed by atoms with Crippen LogP contribution in [0.5, 0.6) is 0 Å². The minimum atomic E-state index is -4.51. The normalized spacial score (nSPS) is 12.9. The van der Waals surface area contributed by atoms with E-state index in [2.05, 4.69) is 15.2 Å². The molecule has 24 heavy (non-hydrogen) atoms. The van der Waals surface area contributed by atoms with Crippen molar-refractivity contribution in [1.29, 1.82) is 0 Å². The molecule has 0 aliphatic heterocycles. The fraction of sp³-hybridized carbons (Fsp3) is 0.333. The van der Waals surface area contributed by atoms with Gasteiger partial charge in [0.05, 0.1) is 12.7 Å². The third-order valence-corrected chi connectivity index (χ3v) is 3.11. The van der Waals surface area contributed by atoms with Crippen molar-refractivity contribution in [2.45, 2.75) is 25.7 Å². The molecule has 1 aromatic carbocycles. The highest BCUT2D eigenvalue weighted by Gasteiger charge is 2.30. The summed E-state index contributed by atoms with van der Waals surface area (Å²) in [6, 6.07) is 7.52. The molecule has 1 N–H and O–H groups in total. The minimum Gasteiger partial charge on any atom is -0.359 e. The molecule has 5 nitrogen and oxygen atoms in total. The molecule has 0 aliphatic rings. The highest BCUT2D eigenvalue weighted by molar-refractivity contribution is 5.93. The lowest BCUT2D eigenvalue weighted by Gasteiger charge is -2.15. The largest absolute Gasteiger partial charge is 0.411 e. The van der Waals surface area contributed by atoms with Crippen molar-refractivity contribution < 1.29 is 27.1 Å². The van der Waals surface area contributed by atoms with E-state index >= 15 is 0 Å². The summed E-state index contributed by atoms with van der Waals surface area (Å²) in [5.41, 5.74) is 0.359. The van der Waals surface area contributed by atoms with Crippen LogP contribution >= 0.6 is 0 Å². The van der Waals surface area contributed by atoms with E-state index < -0.39 is 30.6 Å². The molecule has 0 spiro atoms. The molecule has 9 heteroatoms. The van der Waals surface area contributed by atoms with Crippen molar-refractivity contribution in [3.05, 3.63) is 47.9 Å². The Morgan fingerprint density at radius 3 is 2.71 bits per heavy atom.